The van der Waals surface area contributed by atoms with Crippen molar-refractivity contribution < 1.29 is 23.6 Å². The third kappa shape index (κ3) is 5.61. The zero-order valence-electron chi connectivity index (χ0n) is 19.5. The van der Waals surface area contributed by atoms with Crippen LogP contribution in [0.1, 0.15) is 33.4 Å². The van der Waals surface area contributed by atoms with Gasteiger partial charge in [-0.3, -0.25) is 9.59 Å². The third-order valence-electron chi connectivity index (χ3n) is 5.28. The van der Waals surface area contributed by atoms with Gasteiger partial charge in [0.15, 0.2) is 5.82 Å². The highest BCUT2D eigenvalue weighted by Crippen LogP contribution is 2.36. The highest BCUT2D eigenvalue weighted by Gasteiger charge is 2.21. The molecule has 0 saturated heterocycles. The summed E-state index contributed by atoms with van der Waals surface area (Å²) in [5.41, 5.74) is 7.10. The lowest BCUT2D eigenvalue weighted by Crippen LogP contribution is -2.35. The number of hydrogen-bond acceptors (Lipinski definition) is 8. The number of pyridine rings is 1. The van der Waals surface area contributed by atoms with E-state index in [-0.39, 0.29) is 52.6 Å². The smallest absolute Gasteiger partial charge is 0.295 e. The first kappa shape index (κ1) is 25.0. The lowest BCUT2D eigenvalue weighted by molar-refractivity contribution is 0.0950. The Balaban J connectivity index is 1.86. The van der Waals surface area contributed by atoms with Crippen molar-refractivity contribution >= 4 is 17.6 Å². The van der Waals surface area contributed by atoms with E-state index in [1.807, 2.05) is 6.07 Å². The van der Waals surface area contributed by atoms with Crippen LogP contribution in [0.3, 0.4) is 0 Å². The summed E-state index contributed by atoms with van der Waals surface area (Å²) in [7, 11) is 0. The summed E-state index contributed by atoms with van der Waals surface area (Å²) in [5.74, 6) is -2.36. The Bertz CT molecular complexity index is 1510. The number of nitrogens with one attached hydrogen (secondary N) is 2. The largest absolute Gasteiger partial charge is 0.507 e. The van der Waals surface area contributed by atoms with Gasteiger partial charge in [-0.25, -0.2) is 9.37 Å². The predicted molar refractivity (Wildman–Crippen MR) is 132 cm³/mol. The average molecular weight is 500 g/mol. The second-order valence-electron chi connectivity index (χ2n) is 8.15. The molecule has 0 aliphatic heterocycles. The molecule has 0 fully saturated rings. The van der Waals surface area contributed by atoms with Crippen LogP contribution in [0, 0.1) is 17.1 Å². The second-order valence-corrected chi connectivity index (χ2v) is 8.15. The fourth-order valence-corrected chi connectivity index (χ4v) is 3.52. The maximum absolute atomic E-state index is 13.6. The number of nitrogens with zero attached hydrogens (tertiary/aromatic N) is 3. The van der Waals surface area contributed by atoms with Gasteiger partial charge in [-0.2, -0.15) is 5.26 Å². The number of rotatable bonds is 7. The molecule has 4 aromatic rings. The molecular weight excluding hydrogens is 479 g/mol. The Morgan fingerprint density at radius 2 is 1.97 bits per heavy atom. The van der Waals surface area contributed by atoms with Gasteiger partial charge in [0, 0.05) is 41.4 Å². The van der Waals surface area contributed by atoms with E-state index in [0.29, 0.717) is 16.7 Å². The maximum atomic E-state index is 13.6. The number of anilines is 1. The molecule has 0 aliphatic rings. The van der Waals surface area contributed by atoms with E-state index in [1.54, 1.807) is 31.2 Å². The number of aromatic nitrogens is 2. The van der Waals surface area contributed by atoms with E-state index in [0.717, 1.165) is 12.1 Å². The van der Waals surface area contributed by atoms with Crippen LogP contribution in [0.5, 0.6) is 5.75 Å². The molecular formula is C26H21FN6O4. The monoisotopic (exact) mass is 500 g/mol. The quantitative estimate of drug-likeness (QED) is 0.299. The van der Waals surface area contributed by atoms with Crippen LogP contribution in [-0.2, 0) is 0 Å². The normalized spacial score (nSPS) is 11.4. The number of nitriles is 1. The van der Waals surface area contributed by atoms with Crippen LogP contribution in [0.4, 0.5) is 10.2 Å². The third-order valence-corrected chi connectivity index (χ3v) is 5.28. The Kier molecular flexibility index (Phi) is 7.22. The highest BCUT2D eigenvalue weighted by atomic mass is 19.1. The lowest BCUT2D eigenvalue weighted by Gasteiger charge is -2.14. The lowest BCUT2D eigenvalue weighted by atomic mass is 9.96. The zero-order valence-corrected chi connectivity index (χ0v) is 19.5. The summed E-state index contributed by atoms with van der Waals surface area (Å²) in [6.45, 7) is 2.03. The first-order valence-electron chi connectivity index (χ1n) is 11.1. The molecule has 11 heteroatoms. The number of halogens is 1. The van der Waals surface area contributed by atoms with Gasteiger partial charge < -0.3 is 26.0 Å². The molecule has 0 unspecified atom stereocenters. The van der Waals surface area contributed by atoms with E-state index in [1.165, 1.54) is 24.4 Å². The van der Waals surface area contributed by atoms with Crippen molar-refractivity contribution in [2.24, 2.45) is 5.73 Å². The number of amides is 2. The van der Waals surface area contributed by atoms with E-state index < -0.39 is 11.7 Å². The first-order chi connectivity index (χ1) is 17.8. The number of phenols is 1. The van der Waals surface area contributed by atoms with Crippen molar-refractivity contribution in [2.75, 3.05) is 11.9 Å². The van der Waals surface area contributed by atoms with Crippen molar-refractivity contribution in [3.63, 3.8) is 0 Å². The second kappa shape index (κ2) is 10.7. The Morgan fingerprint density at radius 1 is 1.16 bits per heavy atom. The molecule has 5 N–H and O–H groups in total. The Hall–Kier alpha value is -5.08. The molecule has 2 heterocycles. The Labute approximate surface area is 210 Å². The van der Waals surface area contributed by atoms with Gasteiger partial charge in [0.25, 0.3) is 11.8 Å². The minimum absolute atomic E-state index is 0.00800. The van der Waals surface area contributed by atoms with Crippen molar-refractivity contribution in [3.8, 4) is 34.2 Å². The van der Waals surface area contributed by atoms with Crippen molar-refractivity contribution in [1.29, 1.82) is 5.26 Å². The van der Waals surface area contributed by atoms with Crippen LogP contribution in [0.2, 0.25) is 0 Å². The summed E-state index contributed by atoms with van der Waals surface area (Å²) in [4.78, 5) is 29.6. The summed E-state index contributed by atoms with van der Waals surface area (Å²) in [6.07, 6.45) is 1.29. The average Bonchev–Trinajstić information content (AvgIpc) is 3.42. The van der Waals surface area contributed by atoms with E-state index >= 15 is 0 Å². The number of nitrogens with two attached hydrogens (primary N) is 1. The number of hydrogen-bond donors (Lipinski definition) is 4. The summed E-state index contributed by atoms with van der Waals surface area (Å²) < 4.78 is 18.5. The molecule has 2 amide bonds. The molecule has 0 radical (unpaired) electrons. The molecule has 0 aliphatic carbocycles. The number of carbonyl (C=O) groups is 2. The number of carbonyl (C=O) groups excluding carboxylic acids is 2. The molecule has 0 spiro atoms. The molecule has 2 aromatic heterocycles. The van der Waals surface area contributed by atoms with Crippen LogP contribution in [-0.4, -0.2) is 39.6 Å². The van der Waals surface area contributed by atoms with Gasteiger partial charge >= 0.3 is 0 Å². The van der Waals surface area contributed by atoms with Crippen LogP contribution in [0.25, 0.3) is 22.4 Å². The molecule has 2 aromatic carbocycles. The van der Waals surface area contributed by atoms with Gasteiger partial charge in [-0.1, -0.05) is 17.3 Å². The number of phenolic OH excluding ortho intramolecular Hbond substituents is 1. The molecule has 10 nitrogen and oxygen atoms in total. The fraction of sp³-hybridized carbons (Fsp3) is 0.115. The van der Waals surface area contributed by atoms with Gasteiger partial charge in [-0.05, 0) is 42.8 Å². The molecule has 1 atom stereocenters. The standard InChI is InChI=1S/C26H21FN6O4/c1-14(29)13-30-25(35)16-4-2-3-15(9-16)19-11-21(18-6-5-17(27)10-22(18)34)32-24(20(19)12-28)33-26(36)23-7-8-31-37-23/h2-11,14,34H,13,29H2,1H3,(H,30,35)(H,32,33,36)/t14-/m0/s1. The minimum Gasteiger partial charge on any atom is -0.507 e. The van der Waals surface area contributed by atoms with Gasteiger partial charge in [0.1, 0.15) is 23.2 Å². The summed E-state index contributed by atoms with van der Waals surface area (Å²) >= 11 is 0. The van der Waals surface area contributed by atoms with E-state index in [2.05, 4.69) is 20.8 Å². The maximum Gasteiger partial charge on any atom is 0.295 e. The van der Waals surface area contributed by atoms with E-state index in [9.17, 15) is 24.3 Å². The first-order valence-corrected chi connectivity index (χ1v) is 11.1. The van der Waals surface area contributed by atoms with Crippen LogP contribution in [0.15, 0.2) is 65.3 Å². The van der Waals surface area contributed by atoms with Gasteiger partial charge in [0.05, 0.1) is 11.9 Å². The predicted octanol–water partition coefficient (Wildman–Crippen LogP) is 3.45. The van der Waals surface area contributed by atoms with Gasteiger partial charge in [0.2, 0.25) is 5.76 Å². The highest BCUT2D eigenvalue weighted by molar-refractivity contribution is 6.03. The van der Waals surface area contributed by atoms with Crippen LogP contribution < -0.4 is 16.4 Å². The fourth-order valence-electron chi connectivity index (χ4n) is 3.52. The summed E-state index contributed by atoms with van der Waals surface area (Å²) in [6, 6.07) is 14.5. The molecule has 0 saturated carbocycles. The zero-order chi connectivity index (χ0) is 26.5. The number of aromatic hydroxyl groups is 1. The molecule has 4 rings (SSSR count). The van der Waals surface area contributed by atoms with Gasteiger partial charge in [-0.15, -0.1) is 0 Å². The SMILES string of the molecule is C[C@H](N)CNC(=O)c1cccc(-c2cc(-c3ccc(F)cc3O)nc(NC(=O)c3ccno3)c2C#N)c1. The number of benzene rings is 2. The minimum atomic E-state index is -0.711. The Morgan fingerprint density at radius 3 is 2.65 bits per heavy atom. The topological polar surface area (TPSA) is 167 Å². The molecule has 0 bridgehead atoms. The molecule has 186 valence electrons. The van der Waals surface area contributed by atoms with Crippen molar-refractivity contribution in [2.45, 2.75) is 13.0 Å². The summed E-state index contributed by atoms with van der Waals surface area (Å²) in [5, 5.41) is 29.1. The van der Waals surface area contributed by atoms with Crippen LogP contribution >= 0.6 is 0 Å². The van der Waals surface area contributed by atoms with Crippen molar-refractivity contribution in [1.82, 2.24) is 15.5 Å². The van der Waals surface area contributed by atoms with Crippen molar-refractivity contribution in [3.05, 3.63) is 83.5 Å². The molecule has 37 heavy (non-hydrogen) atoms. The van der Waals surface area contributed by atoms with E-state index in [4.69, 9.17) is 10.3 Å².